The minimum absolute atomic E-state index is 0. The first kappa shape index (κ1) is 16.2. The maximum Gasteiger partial charge on any atom is 0.241 e. The zero-order valence-electron chi connectivity index (χ0n) is 11.8. The SMILES string of the molecule is C[C@@H]1CNCCN1Cc1nc(-c2cccc(Cl)c2)no1.Cl. The van der Waals surface area contributed by atoms with Crippen molar-refractivity contribution in [2.45, 2.75) is 19.5 Å². The van der Waals surface area contributed by atoms with Crippen molar-refractivity contribution in [2.24, 2.45) is 0 Å². The number of hydrogen-bond acceptors (Lipinski definition) is 5. The van der Waals surface area contributed by atoms with Crippen LogP contribution in [0.4, 0.5) is 0 Å². The van der Waals surface area contributed by atoms with Gasteiger partial charge in [-0.1, -0.05) is 28.9 Å². The summed E-state index contributed by atoms with van der Waals surface area (Å²) in [5, 5.41) is 8.07. The van der Waals surface area contributed by atoms with Gasteiger partial charge in [0, 0.05) is 36.3 Å². The minimum atomic E-state index is 0. The molecule has 114 valence electrons. The van der Waals surface area contributed by atoms with Gasteiger partial charge in [-0.2, -0.15) is 4.98 Å². The molecule has 2 heterocycles. The van der Waals surface area contributed by atoms with Crippen LogP contribution in [0.1, 0.15) is 12.8 Å². The minimum Gasteiger partial charge on any atom is -0.338 e. The number of rotatable bonds is 3. The first-order chi connectivity index (χ1) is 9.72. The zero-order chi connectivity index (χ0) is 13.9. The molecule has 5 nitrogen and oxygen atoms in total. The average molecular weight is 329 g/mol. The van der Waals surface area contributed by atoms with E-state index in [2.05, 4.69) is 27.3 Å². The van der Waals surface area contributed by atoms with Crippen LogP contribution in [0.5, 0.6) is 0 Å². The molecule has 0 bridgehead atoms. The normalized spacial score (nSPS) is 19.2. The first-order valence-electron chi connectivity index (χ1n) is 6.75. The Kier molecular flexibility index (Phi) is 5.58. The van der Waals surface area contributed by atoms with Crippen LogP contribution in [-0.4, -0.2) is 40.7 Å². The molecular weight excluding hydrogens is 311 g/mol. The highest BCUT2D eigenvalue weighted by atomic mass is 35.5. The van der Waals surface area contributed by atoms with E-state index in [-0.39, 0.29) is 12.4 Å². The van der Waals surface area contributed by atoms with E-state index >= 15 is 0 Å². The Morgan fingerprint density at radius 3 is 3.10 bits per heavy atom. The predicted octanol–water partition coefficient (Wildman–Crippen LogP) is 2.61. The fraction of sp³-hybridized carbons (Fsp3) is 0.429. The van der Waals surface area contributed by atoms with Crippen molar-refractivity contribution in [1.82, 2.24) is 20.4 Å². The van der Waals surface area contributed by atoms with E-state index in [1.54, 1.807) is 0 Å². The zero-order valence-corrected chi connectivity index (χ0v) is 13.3. The van der Waals surface area contributed by atoms with Crippen LogP contribution >= 0.6 is 24.0 Å². The lowest BCUT2D eigenvalue weighted by Crippen LogP contribution is -2.49. The van der Waals surface area contributed by atoms with Crippen LogP contribution in [0.2, 0.25) is 5.02 Å². The van der Waals surface area contributed by atoms with Gasteiger partial charge in [-0.15, -0.1) is 12.4 Å². The number of halogens is 2. The van der Waals surface area contributed by atoms with Crippen LogP contribution in [0.15, 0.2) is 28.8 Å². The molecule has 0 aliphatic carbocycles. The molecule has 0 spiro atoms. The molecule has 1 aromatic carbocycles. The molecule has 0 radical (unpaired) electrons. The summed E-state index contributed by atoms with van der Waals surface area (Å²) < 4.78 is 5.34. The molecule has 1 saturated heterocycles. The molecule has 2 aromatic rings. The summed E-state index contributed by atoms with van der Waals surface area (Å²) in [4.78, 5) is 6.79. The molecule has 0 unspecified atom stereocenters. The third-order valence-corrected chi connectivity index (χ3v) is 3.76. The van der Waals surface area contributed by atoms with E-state index in [0.717, 1.165) is 25.2 Å². The van der Waals surface area contributed by atoms with E-state index in [0.29, 0.717) is 29.3 Å². The van der Waals surface area contributed by atoms with Crippen molar-refractivity contribution in [2.75, 3.05) is 19.6 Å². The maximum atomic E-state index is 5.97. The van der Waals surface area contributed by atoms with E-state index in [4.69, 9.17) is 16.1 Å². The Labute approximate surface area is 135 Å². The van der Waals surface area contributed by atoms with Gasteiger partial charge >= 0.3 is 0 Å². The second-order valence-electron chi connectivity index (χ2n) is 5.05. The Bertz CT molecular complexity index is 590. The highest BCUT2D eigenvalue weighted by Gasteiger charge is 2.20. The second kappa shape index (κ2) is 7.22. The molecular formula is C14H18Cl2N4O. The Morgan fingerprint density at radius 1 is 1.48 bits per heavy atom. The lowest BCUT2D eigenvalue weighted by molar-refractivity contribution is 0.146. The third kappa shape index (κ3) is 3.95. The van der Waals surface area contributed by atoms with Gasteiger partial charge in [0.1, 0.15) is 0 Å². The summed E-state index contributed by atoms with van der Waals surface area (Å²) in [6.45, 7) is 5.88. The molecule has 1 N–H and O–H groups in total. The molecule has 7 heteroatoms. The Balaban J connectivity index is 0.00000161. The highest BCUT2D eigenvalue weighted by molar-refractivity contribution is 6.30. The summed E-state index contributed by atoms with van der Waals surface area (Å²) in [5.74, 6) is 1.24. The summed E-state index contributed by atoms with van der Waals surface area (Å²) in [6.07, 6.45) is 0. The number of benzene rings is 1. The molecule has 0 amide bonds. The van der Waals surface area contributed by atoms with Gasteiger partial charge in [0.05, 0.1) is 6.54 Å². The van der Waals surface area contributed by atoms with Gasteiger partial charge in [-0.3, -0.25) is 4.90 Å². The number of nitrogens with one attached hydrogen (secondary N) is 1. The summed E-state index contributed by atoms with van der Waals surface area (Å²) >= 11 is 5.97. The number of piperazine rings is 1. The predicted molar refractivity (Wildman–Crippen MR) is 84.7 cm³/mol. The van der Waals surface area contributed by atoms with Gasteiger partial charge in [0.2, 0.25) is 11.7 Å². The molecule has 1 atom stereocenters. The topological polar surface area (TPSA) is 54.2 Å². The molecule has 0 saturated carbocycles. The fourth-order valence-corrected chi connectivity index (χ4v) is 2.55. The monoisotopic (exact) mass is 328 g/mol. The quantitative estimate of drug-likeness (QED) is 0.938. The van der Waals surface area contributed by atoms with Crippen molar-refractivity contribution in [3.63, 3.8) is 0 Å². The van der Waals surface area contributed by atoms with Crippen LogP contribution in [0.3, 0.4) is 0 Å². The summed E-state index contributed by atoms with van der Waals surface area (Å²) in [5.41, 5.74) is 0.876. The van der Waals surface area contributed by atoms with E-state index in [9.17, 15) is 0 Å². The van der Waals surface area contributed by atoms with Gasteiger partial charge in [0.25, 0.3) is 0 Å². The van der Waals surface area contributed by atoms with Crippen LogP contribution in [-0.2, 0) is 6.54 Å². The molecule has 1 fully saturated rings. The molecule has 3 rings (SSSR count). The van der Waals surface area contributed by atoms with Gasteiger partial charge < -0.3 is 9.84 Å². The molecule has 21 heavy (non-hydrogen) atoms. The standard InChI is InChI=1S/C14H17ClN4O.ClH/c1-10-8-16-5-6-19(10)9-13-17-14(18-20-13)11-3-2-4-12(15)7-11;/h2-4,7,10,16H,5-6,8-9H2,1H3;1H/t10-;/m1./s1. The smallest absolute Gasteiger partial charge is 0.241 e. The second-order valence-corrected chi connectivity index (χ2v) is 5.48. The van der Waals surface area contributed by atoms with Crippen molar-refractivity contribution < 1.29 is 4.52 Å². The lowest BCUT2D eigenvalue weighted by Gasteiger charge is -2.32. The Morgan fingerprint density at radius 2 is 2.33 bits per heavy atom. The lowest BCUT2D eigenvalue weighted by atomic mass is 10.2. The van der Waals surface area contributed by atoms with Gasteiger partial charge in [0.15, 0.2) is 0 Å². The van der Waals surface area contributed by atoms with E-state index in [1.165, 1.54) is 0 Å². The van der Waals surface area contributed by atoms with Crippen molar-refractivity contribution in [1.29, 1.82) is 0 Å². The van der Waals surface area contributed by atoms with Gasteiger partial charge in [-0.25, -0.2) is 0 Å². The Hall–Kier alpha value is -1.14. The summed E-state index contributed by atoms with van der Waals surface area (Å²) in [6, 6.07) is 7.95. The number of aromatic nitrogens is 2. The maximum absolute atomic E-state index is 5.97. The molecule has 1 aromatic heterocycles. The van der Waals surface area contributed by atoms with Crippen LogP contribution in [0.25, 0.3) is 11.4 Å². The number of nitrogens with zero attached hydrogens (tertiary/aromatic N) is 3. The van der Waals surface area contributed by atoms with E-state index < -0.39 is 0 Å². The van der Waals surface area contributed by atoms with Crippen LogP contribution in [0, 0.1) is 0 Å². The van der Waals surface area contributed by atoms with Crippen LogP contribution < -0.4 is 5.32 Å². The molecule has 1 aliphatic heterocycles. The highest BCUT2D eigenvalue weighted by Crippen LogP contribution is 2.20. The largest absolute Gasteiger partial charge is 0.338 e. The fourth-order valence-electron chi connectivity index (χ4n) is 2.36. The first-order valence-corrected chi connectivity index (χ1v) is 7.13. The summed E-state index contributed by atoms with van der Waals surface area (Å²) in [7, 11) is 0. The van der Waals surface area contributed by atoms with Crippen molar-refractivity contribution in [3.8, 4) is 11.4 Å². The third-order valence-electron chi connectivity index (χ3n) is 3.53. The van der Waals surface area contributed by atoms with Crippen molar-refractivity contribution in [3.05, 3.63) is 35.2 Å². The van der Waals surface area contributed by atoms with Crippen molar-refractivity contribution >= 4 is 24.0 Å². The average Bonchev–Trinajstić information content (AvgIpc) is 2.90. The van der Waals surface area contributed by atoms with Gasteiger partial charge in [-0.05, 0) is 19.1 Å². The molecule has 1 aliphatic rings. The van der Waals surface area contributed by atoms with E-state index in [1.807, 2.05) is 24.3 Å². The number of hydrogen-bond donors (Lipinski definition) is 1.